The van der Waals surface area contributed by atoms with E-state index in [0.717, 1.165) is 23.3 Å². The minimum absolute atomic E-state index is 0.243. The number of ether oxygens (including phenoxy) is 1. The number of carbonyl (C=O) groups excluding carboxylic acids is 3. The van der Waals surface area contributed by atoms with Gasteiger partial charge in [-0.25, -0.2) is 4.39 Å². The summed E-state index contributed by atoms with van der Waals surface area (Å²) >= 11 is 0. The van der Waals surface area contributed by atoms with Gasteiger partial charge < -0.3 is 15.8 Å². The zero-order valence-corrected chi connectivity index (χ0v) is 14.4. The molecule has 2 rings (SSSR count). The molecule has 6 nitrogen and oxygen atoms in total. The predicted octanol–water partition coefficient (Wildman–Crippen LogP) is 1.94. The Balaban J connectivity index is 1.98. The van der Waals surface area contributed by atoms with Crippen molar-refractivity contribution >= 4 is 17.8 Å². The van der Waals surface area contributed by atoms with Gasteiger partial charge in [-0.05, 0) is 38.1 Å². The van der Waals surface area contributed by atoms with E-state index in [4.69, 9.17) is 10.5 Å². The Bertz CT molecular complexity index is 814. The van der Waals surface area contributed by atoms with Crippen LogP contribution in [-0.4, -0.2) is 24.3 Å². The summed E-state index contributed by atoms with van der Waals surface area (Å²) in [5.41, 5.74) is 7.74. The van der Waals surface area contributed by atoms with E-state index in [-0.39, 0.29) is 5.56 Å². The van der Waals surface area contributed by atoms with Crippen molar-refractivity contribution < 1.29 is 23.5 Å². The van der Waals surface area contributed by atoms with Crippen LogP contribution in [0.1, 0.15) is 33.2 Å². The number of primary amides is 1. The molecule has 1 unspecified atom stereocenters. The number of rotatable bonds is 6. The van der Waals surface area contributed by atoms with Crippen LogP contribution in [0.25, 0.3) is 0 Å². The number of benzene rings is 2. The highest BCUT2D eigenvalue weighted by Gasteiger charge is 2.23. The first-order valence-electron chi connectivity index (χ1n) is 7.87. The van der Waals surface area contributed by atoms with Crippen molar-refractivity contribution in [2.24, 2.45) is 5.73 Å². The number of nitrogens with two attached hydrogens (primary N) is 1. The second-order valence-corrected chi connectivity index (χ2v) is 5.88. The van der Waals surface area contributed by atoms with Crippen LogP contribution < -0.4 is 11.1 Å². The highest BCUT2D eigenvalue weighted by atomic mass is 19.1. The van der Waals surface area contributed by atoms with Gasteiger partial charge in [-0.3, -0.25) is 14.4 Å². The van der Waals surface area contributed by atoms with E-state index in [9.17, 15) is 18.8 Å². The number of esters is 1. The normalized spacial score (nSPS) is 11.5. The molecule has 1 atom stereocenters. The molecule has 7 heteroatoms. The molecule has 0 fully saturated rings. The summed E-state index contributed by atoms with van der Waals surface area (Å²) in [6.45, 7) is 3.28. The fraction of sp³-hybridized carbons (Fsp3) is 0.211. The first-order valence-corrected chi connectivity index (χ1v) is 7.87. The summed E-state index contributed by atoms with van der Waals surface area (Å²) in [6, 6.07) is 10.2. The number of nitrogens with one attached hydrogen (secondary N) is 1. The fourth-order valence-corrected chi connectivity index (χ4v) is 2.46. The van der Waals surface area contributed by atoms with Gasteiger partial charge in [0.2, 0.25) is 6.10 Å². The number of aryl methyl sites for hydroxylation is 2. The topological polar surface area (TPSA) is 98.5 Å². The van der Waals surface area contributed by atoms with E-state index < -0.39 is 36.2 Å². The maximum atomic E-state index is 13.0. The SMILES string of the molecule is Cc1cc(C)cc(C(=O)NCC(=O)OC(C(N)=O)c2ccc(F)cc2)c1. The van der Waals surface area contributed by atoms with Crippen LogP contribution in [0.4, 0.5) is 4.39 Å². The molecule has 2 aromatic rings. The predicted molar refractivity (Wildman–Crippen MR) is 92.7 cm³/mol. The van der Waals surface area contributed by atoms with E-state index >= 15 is 0 Å². The maximum absolute atomic E-state index is 13.0. The summed E-state index contributed by atoms with van der Waals surface area (Å²) in [6.07, 6.45) is -1.36. The van der Waals surface area contributed by atoms with Crippen LogP contribution >= 0.6 is 0 Å². The average Bonchev–Trinajstić information content (AvgIpc) is 2.57. The summed E-state index contributed by atoms with van der Waals surface area (Å²) in [7, 11) is 0. The Kier molecular flexibility index (Phi) is 6.06. The Morgan fingerprint density at radius 3 is 2.19 bits per heavy atom. The lowest BCUT2D eigenvalue weighted by atomic mass is 10.1. The van der Waals surface area contributed by atoms with Crippen LogP contribution in [-0.2, 0) is 14.3 Å². The molecule has 26 heavy (non-hydrogen) atoms. The van der Waals surface area contributed by atoms with Crippen molar-refractivity contribution in [3.05, 3.63) is 70.5 Å². The molecule has 2 amide bonds. The molecule has 3 N–H and O–H groups in total. The number of halogens is 1. The third-order valence-electron chi connectivity index (χ3n) is 3.56. The third-order valence-corrected chi connectivity index (χ3v) is 3.56. The molecule has 0 radical (unpaired) electrons. The summed E-state index contributed by atoms with van der Waals surface area (Å²) in [5.74, 6) is -2.67. The molecule has 2 aromatic carbocycles. The third kappa shape index (κ3) is 5.14. The van der Waals surface area contributed by atoms with E-state index in [0.29, 0.717) is 5.56 Å². The molecule has 0 bridgehead atoms. The number of carbonyl (C=O) groups is 3. The van der Waals surface area contributed by atoms with Crippen molar-refractivity contribution in [3.63, 3.8) is 0 Å². The van der Waals surface area contributed by atoms with Crippen LogP contribution in [0, 0.1) is 19.7 Å². The molecule has 0 spiro atoms. The Morgan fingerprint density at radius 2 is 1.65 bits per heavy atom. The van der Waals surface area contributed by atoms with Gasteiger partial charge in [-0.2, -0.15) is 0 Å². The molecule has 0 saturated heterocycles. The van der Waals surface area contributed by atoms with Crippen LogP contribution in [0.15, 0.2) is 42.5 Å². The summed E-state index contributed by atoms with van der Waals surface area (Å²) < 4.78 is 18.0. The quantitative estimate of drug-likeness (QED) is 0.771. The van der Waals surface area contributed by atoms with Crippen molar-refractivity contribution in [2.45, 2.75) is 20.0 Å². The van der Waals surface area contributed by atoms with Crippen LogP contribution in [0.3, 0.4) is 0 Å². The molecule has 0 saturated carbocycles. The van der Waals surface area contributed by atoms with Crippen molar-refractivity contribution in [2.75, 3.05) is 6.54 Å². The lowest BCUT2D eigenvalue weighted by Gasteiger charge is -2.15. The monoisotopic (exact) mass is 358 g/mol. The zero-order valence-electron chi connectivity index (χ0n) is 14.4. The lowest BCUT2D eigenvalue weighted by molar-refractivity contribution is -0.154. The molecule has 0 aliphatic heterocycles. The standard InChI is InChI=1S/C19H19FN2O4/c1-11-7-12(2)9-14(8-11)19(25)22-10-16(23)26-17(18(21)24)13-3-5-15(20)6-4-13/h3-9,17H,10H2,1-2H3,(H2,21,24)(H,22,25). The average molecular weight is 358 g/mol. The minimum Gasteiger partial charge on any atom is -0.446 e. The van der Waals surface area contributed by atoms with Gasteiger partial charge in [0.1, 0.15) is 12.4 Å². The molecular weight excluding hydrogens is 339 g/mol. The second-order valence-electron chi connectivity index (χ2n) is 5.88. The first-order chi connectivity index (χ1) is 12.3. The fourth-order valence-electron chi connectivity index (χ4n) is 2.46. The maximum Gasteiger partial charge on any atom is 0.326 e. The minimum atomic E-state index is -1.36. The summed E-state index contributed by atoms with van der Waals surface area (Å²) in [4.78, 5) is 35.6. The number of hydrogen-bond acceptors (Lipinski definition) is 4. The molecule has 0 heterocycles. The van der Waals surface area contributed by atoms with Gasteiger partial charge in [0.05, 0.1) is 0 Å². The van der Waals surface area contributed by atoms with E-state index in [2.05, 4.69) is 5.32 Å². The lowest BCUT2D eigenvalue weighted by Crippen LogP contribution is -2.34. The smallest absolute Gasteiger partial charge is 0.326 e. The van der Waals surface area contributed by atoms with Gasteiger partial charge in [-0.1, -0.05) is 29.3 Å². The zero-order chi connectivity index (χ0) is 19.3. The van der Waals surface area contributed by atoms with Crippen molar-refractivity contribution in [1.82, 2.24) is 5.32 Å². The highest BCUT2D eigenvalue weighted by Crippen LogP contribution is 2.17. The van der Waals surface area contributed by atoms with E-state index in [1.165, 1.54) is 12.1 Å². The van der Waals surface area contributed by atoms with Gasteiger partial charge in [0, 0.05) is 11.1 Å². The molecule has 0 aliphatic carbocycles. The van der Waals surface area contributed by atoms with Crippen LogP contribution in [0.2, 0.25) is 0 Å². The second kappa shape index (κ2) is 8.24. The molecule has 0 aromatic heterocycles. The Morgan fingerprint density at radius 1 is 1.08 bits per heavy atom. The number of amides is 2. The largest absolute Gasteiger partial charge is 0.446 e. The Labute approximate surface area is 150 Å². The highest BCUT2D eigenvalue weighted by molar-refractivity contribution is 5.96. The Hall–Kier alpha value is -3.22. The van der Waals surface area contributed by atoms with Gasteiger partial charge in [0.15, 0.2) is 0 Å². The summed E-state index contributed by atoms with van der Waals surface area (Å²) in [5, 5.41) is 2.43. The van der Waals surface area contributed by atoms with Crippen molar-refractivity contribution in [3.8, 4) is 0 Å². The van der Waals surface area contributed by atoms with Crippen LogP contribution in [0.5, 0.6) is 0 Å². The van der Waals surface area contributed by atoms with E-state index in [1.807, 2.05) is 19.9 Å². The van der Waals surface area contributed by atoms with Gasteiger partial charge >= 0.3 is 5.97 Å². The first kappa shape index (κ1) is 19.1. The molecule has 136 valence electrons. The van der Waals surface area contributed by atoms with Gasteiger partial charge in [-0.15, -0.1) is 0 Å². The number of hydrogen-bond donors (Lipinski definition) is 2. The molecule has 0 aliphatic rings. The molecular formula is C19H19FN2O4. The van der Waals surface area contributed by atoms with Crippen molar-refractivity contribution in [1.29, 1.82) is 0 Å². The van der Waals surface area contributed by atoms with Gasteiger partial charge in [0.25, 0.3) is 11.8 Å². The van der Waals surface area contributed by atoms with E-state index in [1.54, 1.807) is 12.1 Å².